The second-order valence-electron chi connectivity index (χ2n) is 3.87. The van der Waals surface area contributed by atoms with Crippen LogP contribution in [0, 0.1) is 0 Å². The fourth-order valence-corrected chi connectivity index (χ4v) is 2.11. The molecule has 0 unspecified atom stereocenters. The van der Waals surface area contributed by atoms with Crippen LogP contribution in [0.3, 0.4) is 0 Å². The highest BCUT2D eigenvalue weighted by Gasteiger charge is 2.18. The van der Waals surface area contributed by atoms with Gasteiger partial charge in [-0.05, 0) is 18.6 Å². The monoisotopic (exact) mass is 220 g/mol. The molecule has 0 bridgehead atoms. The lowest BCUT2D eigenvalue weighted by atomic mass is 10.3. The molecule has 2 rings (SSSR count). The van der Waals surface area contributed by atoms with E-state index >= 15 is 0 Å². The molecule has 0 radical (unpaired) electrons. The first-order valence-electron chi connectivity index (χ1n) is 5.67. The summed E-state index contributed by atoms with van der Waals surface area (Å²) in [6.07, 6.45) is 1.04. The standard InChI is InChI=1S/C12H17N3O/c1-2-7-14-10-5-3-4-6-11(10)15(8-9-16)12(14)13/h3-6,13,16H,2,7-9H2,1H3/p+1. The molecule has 86 valence electrons. The van der Waals surface area contributed by atoms with E-state index in [1.54, 1.807) is 0 Å². The molecule has 0 aliphatic heterocycles. The zero-order chi connectivity index (χ0) is 11.5. The van der Waals surface area contributed by atoms with Gasteiger partial charge in [-0.25, -0.2) is 9.13 Å². The summed E-state index contributed by atoms with van der Waals surface area (Å²) in [5.41, 5.74) is 8.32. The van der Waals surface area contributed by atoms with Gasteiger partial charge in [-0.15, -0.1) is 0 Å². The molecule has 0 fully saturated rings. The molecule has 4 heteroatoms. The molecule has 4 nitrogen and oxygen atoms in total. The Hall–Kier alpha value is -1.55. The average molecular weight is 220 g/mol. The Morgan fingerprint density at radius 2 is 2.12 bits per heavy atom. The molecule has 1 aromatic carbocycles. The van der Waals surface area contributed by atoms with Crippen molar-refractivity contribution in [2.75, 3.05) is 12.3 Å². The van der Waals surface area contributed by atoms with Crippen LogP contribution in [0.1, 0.15) is 13.3 Å². The number of aryl methyl sites for hydroxylation is 1. The van der Waals surface area contributed by atoms with Crippen LogP contribution in [0.5, 0.6) is 0 Å². The lowest BCUT2D eigenvalue weighted by Gasteiger charge is -1.98. The number of imidazole rings is 1. The Balaban J connectivity index is 2.64. The highest BCUT2D eigenvalue weighted by atomic mass is 16.3. The first-order chi connectivity index (χ1) is 7.79. The molecule has 0 spiro atoms. The zero-order valence-corrected chi connectivity index (χ0v) is 9.56. The first-order valence-corrected chi connectivity index (χ1v) is 5.67. The van der Waals surface area contributed by atoms with Gasteiger partial charge in [-0.2, -0.15) is 0 Å². The highest BCUT2D eigenvalue weighted by molar-refractivity contribution is 5.73. The number of benzene rings is 1. The Labute approximate surface area is 94.9 Å². The van der Waals surface area contributed by atoms with E-state index in [9.17, 15) is 0 Å². The molecular weight excluding hydrogens is 202 g/mol. The number of aliphatic hydroxyl groups excluding tert-OH is 1. The number of aromatic nitrogens is 2. The minimum Gasteiger partial charge on any atom is -0.393 e. The van der Waals surface area contributed by atoms with Gasteiger partial charge in [0.15, 0.2) is 0 Å². The van der Waals surface area contributed by atoms with Crippen LogP contribution in [-0.2, 0) is 13.1 Å². The summed E-state index contributed by atoms with van der Waals surface area (Å²) in [7, 11) is 0. The maximum atomic E-state index is 9.06. The van der Waals surface area contributed by atoms with Crippen LogP contribution in [-0.4, -0.2) is 16.3 Å². The number of hydrogen-bond acceptors (Lipinski definition) is 2. The fourth-order valence-electron chi connectivity index (χ4n) is 2.11. The van der Waals surface area contributed by atoms with E-state index in [-0.39, 0.29) is 6.61 Å². The summed E-state index contributed by atoms with van der Waals surface area (Å²) in [5.74, 6) is 0.720. The third-order valence-corrected chi connectivity index (χ3v) is 2.79. The van der Waals surface area contributed by atoms with E-state index in [2.05, 4.69) is 17.6 Å². The number of aliphatic hydroxyl groups is 1. The minimum absolute atomic E-state index is 0.106. The van der Waals surface area contributed by atoms with E-state index < -0.39 is 0 Å². The Bertz CT molecular complexity index is 447. The molecule has 1 heterocycles. The lowest BCUT2D eigenvalue weighted by Crippen LogP contribution is -2.36. The molecule has 0 aliphatic rings. The number of nitrogen functional groups attached to an aromatic ring is 1. The Kier molecular flexibility index (Phi) is 3.10. The van der Waals surface area contributed by atoms with Crippen molar-refractivity contribution in [1.82, 2.24) is 4.57 Å². The number of para-hydroxylation sites is 2. The van der Waals surface area contributed by atoms with Crippen LogP contribution in [0.2, 0.25) is 0 Å². The Morgan fingerprint density at radius 3 is 2.81 bits per heavy atom. The fraction of sp³-hybridized carbons (Fsp3) is 0.417. The van der Waals surface area contributed by atoms with Gasteiger partial charge in [0.2, 0.25) is 0 Å². The van der Waals surface area contributed by atoms with Gasteiger partial charge in [0.25, 0.3) is 0 Å². The third-order valence-electron chi connectivity index (χ3n) is 2.79. The number of anilines is 1. The predicted molar refractivity (Wildman–Crippen MR) is 63.9 cm³/mol. The van der Waals surface area contributed by atoms with E-state index in [0.29, 0.717) is 6.54 Å². The Morgan fingerprint density at radius 1 is 1.38 bits per heavy atom. The number of hydrogen-bond donors (Lipinski definition) is 2. The zero-order valence-electron chi connectivity index (χ0n) is 9.56. The van der Waals surface area contributed by atoms with Crippen LogP contribution in [0.15, 0.2) is 24.3 Å². The number of nitrogens with zero attached hydrogens (tertiary/aromatic N) is 2. The first kappa shape index (κ1) is 11.0. The topological polar surface area (TPSA) is 55.1 Å². The van der Waals surface area contributed by atoms with Crippen molar-refractivity contribution in [3.8, 4) is 0 Å². The third kappa shape index (κ3) is 1.65. The van der Waals surface area contributed by atoms with Gasteiger partial charge in [-0.1, -0.05) is 19.1 Å². The van der Waals surface area contributed by atoms with Crippen LogP contribution >= 0.6 is 0 Å². The second kappa shape index (κ2) is 4.53. The molecule has 0 saturated carbocycles. The molecule has 0 atom stereocenters. The van der Waals surface area contributed by atoms with Crippen molar-refractivity contribution < 1.29 is 9.67 Å². The summed E-state index contributed by atoms with van der Waals surface area (Å²) < 4.78 is 4.07. The number of fused-ring (bicyclic) bond motifs is 1. The van der Waals surface area contributed by atoms with Gasteiger partial charge in [0.05, 0.1) is 19.7 Å². The van der Waals surface area contributed by atoms with Crippen molar-refractivity contribution in [2.45, 2.75) is 26.4 Å². The van der Waals surface area contributed by atoms with Crippen molar-refractivity contribution in [1.29, 1.82) is 0 Å². The van der Waals surface area contributed by atoms with Gasteiger partial charge in [0, 0.05) is 0 Å². The van der Waals surface area contributed by atoms with Crippen molar-refractivity contribution in [3.63, 3.8) is 0 Å². The van der Waals surface area contributed by atoms with Crippen LogP contribution in [0.25, 0.3) is 11.0 Å². The molecular formula is C12H18N3O+. The SMILES string of the molecule is CCC[n+]1c(N)n(CCO)c2ccccc21. The summed E-state index contributed by atoms with van der Waals surface area (Å²) in [4.78, 5) is 0. The van der Waals surface area contributed by atoms with Gasteiger partial charge < -0.3 is 5.11 Å². The number of nitrogens with two attached hydrogens (primary N) is 1. The molecule has 0 amide bonds. The highest BCUT2D eigenvalue weighted by Crippen LogP contribution is 2.15. The summed E-state index contributed by atoms with van der Waals surface area (Å²) >= 11 is 0. The molecule has 0 saturated heterocycles. The van der Waals surface area contributed by atoms with E-state index in [0.717, 1.165) is 29.9 Å². The van der Waals surface area contributed by atoms with Gasteiger partial charge >= 0.3 is 5.95 Å². The minimum atomic E-state index is 0.106. The van der Waals surface area contributed by atoms with Gasteiger partial charge in [0.1, 0.15) is 11.0 Å². The van der Waals surface area contributed by atoms with E-state index in [1.165, 1.54) is 0 Å². The average Bonchev–Trinajstić information content (AvgIpc) is 2.56. The summed E-state index contributed by atoms with van der Waals surface area (Å²) in [5, 5.41) is 9.06. The maximum absolute atomic E-state index is 9.06. The summed E-state index contributed by atoms with van der Waals surface area (Å²) in [6, 6.07) is 8.10. The predicted octanol–water partition coefficient (Wildman–Crippen LogP) is 0.913. The maximum Gasteiger partial charge on any atom is 0.356 e. The largest absolute Gasteiger partial charge is 0.393 e. The lowest BCUT2D eigenvalue weighted by molar-refractivity contribution is -0.657. The van der Waals surface area contributed by atoms with Crippen molar-refractivity contribution in [3.05, 3.63) is 24.3 Å². The van der Waals surface area contributed by atoms with Crippen molar-refractivity contribution in [2.24, 2.45) is 0 Å². The van der Waals surface area contributed by atoms with Crippen molar-refractivity contribution >= 4 is 17.0 Å². The van der Waals surface area contributed by atoms with Crippen LogP contribution < -0.4 is 10.3 Å². The second-order valence-corrected chi connectivity index (χ2v) is 3.87. The number of rotatable bonds is 4. The van der Waals surface area contributed by atoms with E-state index in [4.69, 9.17) is 10.8 Å². The smallest absolute Gasteiger partial charge is 0.356 e. The van der Waals surface area contributed by atoms with E-state index in [1.807, 2.05) is 22.8 Å². The van der Waals surface area contributed by atoms with Crippen LogP contribution in [0.4, 0.5) is 5.95 Å². The quantitative estimate of drug-likeness (QED) is 0.753. The molecule has 0 aliphatic carbocycles. The molecule has 3 N–H and O–H groups in total. The molecule has 16 heavy (non-hydrogen) atoms. The summed E-state index contributed by atoms with van der Waals surface area (Å²) in [6.45, 7) is 3.69. The molecule has 1 aromatic heterocycles. The molecule has 2 aromatic rings. The van der Waals surface area contributed by atoms with Gasteiger partial charge in [-0.3, -0.25) is 5.73 Å². The normalized spacial score (nSPS) is 11.1.